The summed E-state index contributed by atoms with van der Waals surface area (Å²) in [5.41, 5.74) is 2.80. The highest BCUT2D eigenvalue weighted by molar-refractivity contribution is 5.94. The average Bonchev–Trinajstić information content (AvgIpc) is 3.13. The van der Waals surface area contributed by atoms with Gasteiger partial charge in [-0.25, -0.2) is 0 Å². The molecule has 2 rings (SSSR count). The van der Waals surface area contributed by atoms with E-state index >= 15 is 0 Å². The number of carbonyl (C=O) groups excluding carboxylic acids is 1. The Morgan fingerprint density at radius 2 is 1.94 bits per heavy atom. The third-order valence-electron chi connectivity index (χ3n) is 2.80. The first-order chi connectivity index (χ1) is 8.20. The summed E-state index contributed by atoms with van der Waals surface area (Å²) in [6, 6.07) is 7.94. The van der Waals surface area contributed by atoms with E-state index in [-0.39, 0.29) is 5.91 Å². The van der Waals surface area contributed by atoms with Crippen molar-refractivity contribution >= 4 is 18.2 Å². The van der Waals surface area contributed by atoms with Crippen LogP contribution in [0.2, 0.25) is 0 Å². The zero-order valence-corrected chi connectivity index (χ0v) is 9.94. The molecule has 3 heteroatoms. The number of allylic oxidation sites excluding steroid dienone is 1. The SMILES string of the molecule is C=NC=C(C)c1ccc(C(=O)NC2CC2)cc1. The molecule has 0 radical (unpaired) electrons. The van der Waals surface area contributed by atoms with Gasteiger partial charge in [-0.05, 0) is 49.8 Å². The van der Waals surface area contributed by atoms with Crippen molar-refractivity contribution in [2.45, 2.75) is 25.8 Å². The number of rotatable bonds is 4. The van der Waals surface area contributed by atoms with Crippen LogP contribution in [0.15, 0.2) is 35.5 Å². The summed E-state index contributed by atoms with van der Waals surface area (Å²) in [5.74, 6) is 0.0162. The van der Waals surface area contributed by atoms with Crippen LogP contribution in [0.4, 0.5) is 0 Å². The minimum absolute atomic E-state index is 0.0162. The molecule has 3 nitrogen and oxygen atoms in total. The van der Waals surface area contributed by atoms with E-state index in [1.165, 1.54) is 0 Å². The van der Waals surface area contributed by atoms with Crippen molar-refractivity contribution < 1.29 is 4.79 Å². The summed E-state index contributed by atoms with van der Waals surface area (Å²) >= 11 is 0. The molecular formula is C14H16N2O. The fourth-order valence-corrected chi connectivity index (χ4v) is 1.59. The number of carbonyl (C=O) groups is 1. The molecule has 1 aromatic carbocycles. The van der Waals surface area contributed by atoms with Crippen molar-refractivity contribution in [2.75, 3.05) is 0 Å². The van der Waals surface area contributed by atoms with Gasteiger partial charge in [-0.2, -0.15) is 0 Å². The molecule has 1 amide bonds. The van der Waals surface area contributed by atoms with E-state index < -0.39 is 0 Å². The fraction of sp³-hybridized carbons (Fsp3) is 0.286. The largest absolute Gasteiger partial charge is 0.349 e. The van der Waals surface area contributed by atoms with E-state index in [0.717, 1.165) is 24.0 Å². The second-order valence-corrected chi connectivity index (χ2v) is 4.32. The van der Waals surface area contributed by atoms with Crippen LogP contribution in [0.1, 0.15) is 35.7 Å². The summed E-state index contributed by atoms with van der Waals surface area (Å²) in [7, 11) is 0. The molecule has 0 atom stereocenters. The average molecular weight is 228 g/mol. The molecule has 1 N–H and O–H groups in total. The van der Waals surface area contributed by atoms with Crippen LogP contribution < -0.4 is 5.32 Å². The van der Waals surface area contributed by atoms with Crippen LogP contribution in [-0.2, 0) is 0 Å². The fourth-order valence-electron chi connectivity index (χ4n) is 1.59. The van der Waals surface area contributed by atoms with Crippen LogP contribution >= 0.6 is 0 Å². The second-order valence-electron chi connectivity index (χ2n) is 4.32. The monoisotopic (exact) mass is 228 g/mol. The summed E-state index contributed by atoms with van der Waals surface area (Å²) in [6.07, 6.45) is 3.92. The molecule has 1 aliphatic rings. The minimum atomic E-state index is 0.0162. The first-order valence-corrected chi connectivity index (χ1v) is 5.74. The Labute approximate surface area is 101 Å². The predicted molar refractivity (Wildman–Crippen MR) is 70.1 cm³/mol. The lowest BCUT2D eigenvalue weighted by Gasteiger charge is -2.05. The van der Waals surface area contributed by atoms with Gasteiger partial charge in [0.15, 0.2) is 0 Å². The maximum atomic E-state index is 11.7. The first kappa shape index (κ1) is 11.6. The van der Waals surface area contributed by atoms with Gasteiger partial charge in [0.2, 0.25) is 0 Å². The van der Waals surface area contributed by atoms with Gasteiger partial charge in [0.05, 0.1) is 0 Å². The molecule has 0 spiro atoms. The Morgan fingerprint density at radius 3 is 2.47 bits per heavy atom. The number of nitrogens with one attached hydrogen (secondary N) is 1. The quantitative estimate of drug-likeness (QED) is 0.791. The van der Waals surface area contributed by atoms with Crippen LogP contribution in [0, 0.1) is 0 Å². The standard InChI is InChI=1S/C14H16N2O/c1-10(9-15-2)11-3-5-12(6-4-11)14(17)16-13-7-8-13/h3-6,9,13H,2,7-8H2,1H3,(H,16,17). The number of aliphatic imine (C=N–C) groups is 1. The molecule has 1 saturated carbocycles. The highest BCUT2D eigenvalue weighted by atomic mass is 16.1. The molecule has 0 saturated heterocycles. The van der Waals surface area contributed by atoms with Crippen molar-refractivity contribution in [1.82, 2.24) is 5.32 Å². The van der Waals surface area contributed by atoms with Gasteiger partial charge in [-0.15, -0.1) is 0 Å². The number of benzene rings is 1. The van der Waals surface area contributed by atoms with E-state index in [2.05, 4.69) is 17.0 Å². The van der Waals surface area contributed by atoms with Gasteiger partial charge < -0.3 is 5.32 Å². The van der Waals surface area contributed by atoms with Crippen LogP contribution in [0.3, 0.4) is 0 Å². The molecule has 1 aromatic rings. The van der Waals surface area contributed by atoms with Crippen molar-refractivity contribution in [2.24, 2.45) is 4.99 Å². The smallest absolute Gasteiger partial charge is 0.251 e. The first-order valence-electron chi connectivity index (χ1n) is 5.74. The Morgan fingerprint density at radius 1 is 1.35 bits per heavy atom. The number of nitrogens with zero attached hydrogens (tertiary/aromatic N) is 1. The van der Waals surface area contributed by atoms with Crippen LogP contribution in [0.5, 0.6) is 0 Å². The molecule has 1 fully saturated rings. The molecule has 0 bridgehead atoms. The highest BCUT2D eigenvalue weighted by Gasteiger charge is 2.23. The maximum Gasteiger partial charge on any atom is 0.251 e. The van der Waals surface area contributed by atoms with E-state index in [1.807, 2.05) is 31.2 Å². The number of hydrogen-bond donors (Lipinski definition) is 1. The topological polar surface area (TPSA) is 41.5 Å². The van der Waals surface area contributed by atoms with Crippen LogP contribution in [-0.4, -0.2) is 18.7 Å². The normalized spacial score (nSPS) is 15.5. The van der Waals surface area contributed by atoms with Gasteiger partial charge in [0.25, 0.3) is 5.91 Å². The maximum absolute atomic E-state index is 11.7. The van der Waals surface area contributed by atoms with Crippen molar-refractivity contribution in [1.29, 1.82) is 0 Å². The lowest BCUT2D eigenvalue weighted by molar-refractivity contribution is 0.0951. The molecule has 17 heavy (non-hydrogen) atoms. The Bertz CT molecular complexity index is 456. The third kappa shape index (κ3) is 3.03. The lowest BCUT2D eigenvalue weighted by Crippen LogP contribution is -2.25. The molecule has 0 aliphatic heterocycles. The highest BCUT2D eigenvalue weighted by Crippen LogP contribution is 2.20. The molecule has 0 aromatic heterocycles. The van der Waals surface area contributed by atoms with Crippen molar-refractivity contribution in [3.8, 4) is 0 Å². The van der Waals surface area contributed by atoms with E-state index in [0.29, 0.717) is 11.6 Å². The Balaban J connectivity index is 2.08. The molecule has 88 valence electrons. The zero-order valence-electron chi connectivity index (χ0n) is 9.94. The molecular weight excluding hydrogens is 212 g/mol. The van der Waals surface area contributed by atoms with Crippen LogP contribution in [0.25, 0.3) is 5.57 Å². The van der Waals surface area contributed by atoms with E-state index in [1.54, 1.807) is 6.20 Å². The third-order valence-corrected chi connectivity index (χ3v) is 2.80. The van der Waals surface area contributed by atoms with Crippen molar-refractivity contribution in [3.05, 3.63) is 41.6 Å². The molecule has 1 aliphatic carbocycles. The molecule has 0 unspecified atom stereocenters. The number of amides is 1. The van der Waals surface area contributed by atoms with Crippen molar-refractivity contribution in [3.63, 3.8) is 0 Å². The summed E-state index contributed by atoms with van der Waals surface area (Å²) in [6.45, 7) is 5.39. The van der Waals surface area contributed by atoms with Gasteiger partial charge in [0.1, 0.15) is 0 Å². The Kier molecular flexibility index (Phi) is 3.38. The summed E-state index contributed by atoms with van der Waals surface area (Å²) < 4.78 is 0. The lowest BCUT2D eigenvalue weighted by atomic mass is 10.1. The van der Waals surface area contributed by atoms with Gasteiger partial charge >= 0.3 is 0 Å². The van der Waals surface area contributed by atoms with E-state index in [4.69, 9.17) is 0 Å². The summed E-state index contributed by atoms with van der Waals surface area (Å²) in [4.78, 5) is 15.5. The number of hydrogen-bond acceptors (Lipinski definition) is 2. The summed E-state index contributed by atoms with van der Waals surface area (Å²) in [5, 5.41) is 2.96. The predicted octanol–water partition coefficient (Wildman–Crippen LogP) is 2.64. The van der Waals surface area contributed by atoms with E-state index in [9.17, 15) is 4.79 Å². The second kappa shape index (κ2) is 4.95. The Hall–Kier alpha value is -1.90. The minimum Gasteiger partial charge on any atom is -0.349 e. The molecule has 0 heterocycles. The van der Waals surface area contributed by atoms with Gasteiger partial charge in [-0.1, -0.05) is 12.1 Å². The van der Waals surface area contributed by atoms with Gasteiger partial charge in [0, 0.05) is 17.8 Å². The zero-order chi connectivity index (χ0) is 12.3. The van der Waals surface area contributed by atoms with Gasteiger partial charge in [-0.3, -0.25) is 9.79 Å².